The fourth-order valence-electron chi connectivity index (χ4n) is 3.88. The van der Waals surface area contributed by atoms with Crippen LogP contribution in [0.2, 0.25) is 0 Å². The molecule has 2 heterocycles. The lowest BCUT2D eigenvalue weighted by atomic mass is 10.0. The number of rotatable bonds is 5. The number of amides is 1. The second kappa shape index (κ2) is 7.84. The summed E-state index contributed by atoms with van der Waals surface area (Å²) in [5.74, 6) is -0.199. The van der Waals surface area contributed by atoms with E-state index in [4.69, 9.17) is 0 Å². The predicted octanol–water partition coefficient (Wildman–Crippen LogP) is 2.27. The number of aromatic nitrogens is 2. The molecule has 144 valence electrons. The van der Waals surface area contributed by atoms with Gasteiger partial charge in [-0.3, -0.25) is 9.59 Å². The van der Waals surface area contributed by atoms with Gasteiger partial charge in [0, 0.05) is 30.7 Å². The Morgan fingerprint density at radius 3 is 2.71 bits per heavy atom. The summed E-state index contributed by atoms with van der Waals surface area (Å²) in [7, 11) is 0. The van der Waals surface area contributed by atoms with Crippen molar-refractivity contribution in [2.75, 3.05) is 24.5 Å². The summed E-state index contributed by atoms with van der Waals surface area (Å²) in [6.45, 7) is 4.07. The Morgan fingerprint density at radius 2 is 1.86 bits per heavy atom. The summed E-state index contributed by atoms with van der Waals surface area (Å²) < 4.78 is 1.25. The van der Waals surface area contributed by atoms with Crippen LogP contribution in [0.15, 0.2) is 53.3 Å². The molecule has 4 rings (SSSR count). The number of hydrogen-bond acceptors (Lipinski definition) is 4. The number of carbonyl (C=O) groups is 1. The standard InChI is InChI=1S/C22H24N4O2/c1-16-18-9-3-4-10-19(18)22(28)26(24-16)15-21(27)23-12-14-25-13-6-8-17-7-2-5-11-20(17)25/h2-5,7,9-11H,6,8,12-15H2,1H3,(H,23,27). The number of fused-ring (bicyclic) bond motifs is 2. The molecule has 3 aromatic rings. The van der Waals surface area contributed by atoms with E-state index in [9.17, 15) is 9.59 Å². The Morgan fingerprint density at radius 1 is 1.11 bits per heavy atom. The summed E-state index contributed by atoms with van der Waals surface area (Å²) >= 11 is 0. The quantitative estimate of drug-likeness (QED) is 0.742. The third-order valence-corrected chi connectivity index (χ3v) is 5.26. The van der Waals surface area contributed by atoms with Crippen LogP contribution in [0.5, 0.6) is 0 Å². The molecule has 1 N–H and O–H groups in total. The Hall–Kier alpha value is -3.15. The van der Waals surface area contributed by atoms with Gasteiger partial charge >= 0.3 is 0 Å². The molecule has 0 saturated carbocycles. The number of anilines is 1. The second-order valence-corrected chi connectivity index (χ2v) is 7.16. The molecule has 0 atom stereocenters. The van der Waals surface area contributed by atoms with Gasteiger partial charge in [0.1, 0.15) is 6.54 Å². The van der Waals surface area contributed by atoms with Crippen LogP contribution in [0.3, 0.4) is 0 Å². The van der Waals surface area contributed by atoms with E-state index in [0.717, 1.165) is 37.0 Å². The molecule has 1 aromatic heterocycles. The van der Waals surface area contributed by atoms with Crippen LogP contribution in [-0.2, 0) is 17.8 Å². The molecule has 0 radical (unpaired) electrons. The molecule has 0 bridgehead atoms. The number of hydrogen-bond donors (Lipinski definition) is 1. The summed E-state index contributed by atoms with van der Waals surface area (Å²) in [5.41, 5.74) is 3.13. The zero-order valence-corrected chi connectivity index (χ0v) is 16.0. The van der Waals surface area contributed by atoms with Crippen molar-refractivity contribution < 1.29 is 4.79 Å². The van der Waals surface area contributed by atoms with Gasteiger partial charge in [-0.1, -0.05) is 36.4 Å². The van der Waals surface area contributed by atoms with Gasteiger partial charge in [0.05, 0.1) is 11.1 Å². The third-order valence-electron chi connectivity index (χ3n) is 5.26. The Kier molecular flexibility index (Phi) is 5.10. The highest BCUT2D eigenvalue weighted by molar-refractivity contribution is 5.83. The Balaban J connectivity index is 1.39. The first-order valence-electron chi connectivity index (χ1n) is 9.69. The average Bonchev–Trinajstić information content (AvgIpc) is 2.72. The van der Waals surface area contributed by atoms with Crippen LogP contribution >= 0.6 is 0 Å². The largest absolute Gasteiger partial charge is 0.370 e. The number of para-hydroxylation sites is 1. The van der Waals surface area contributed by atoms with Gasteiger partial charge in [-0.2, -0.15) is 5.10 Å². The van der Waals surface area contributed by atoms with Crippen molar-refractivity contribution in [3.05, 3.63) is 70.1 Å². The highest BCUT2D eigenvalue weighted by Crippen LogP contribution is 2.25. The molecular weight excluding hydrogens is 352 g/mol. The smallest absolute Gasteiger partial charge is 0.275 e. The van der Waals surface area contributed by atoms with Gasteiger partial charge < -0.3 is 10.2 Å². The lowest BCUT2D eigenvalue weighted by molar-refractivity contribution is -0.121. The van der Waals surface area contributed by atoms with Crippen LogP contribution in [0.25, 0.3) is 10.8 Å². The highest BCUT2D eigenvalue weighted by atomic mass is 16.2. The number of nitrogens with one attached hydrogen (secondary N) is 1. The number of nitrogens with zero attached hydrogens (tertiary/aromatic N) is 3. The predicted molar refractivity (Wildman–Crippen MR) is 111 cm³/mol. The molecule has 0 fully saturated rings. The molecule has 6 heteroatoms. The zero-order valence-electron chi connectivity index (χ0n) is 16.0. The topological polar surface area (TPSA) is 67.2 Å². The van der Waals surface area contributed by atoms with E-state index < -0.39 is 0 Å². The first kappa shape index (κ1) is 18.2. The zero-order chi connectivity index (χ0) is 19.5. The summed E-state index contributed by atoms with van der Waals surface area (Å²) in [6.07, 6.45) is 2.23. The molecule has 1 amide bonds. The Bertz CT molecular complexity index is 1070. The number of carbonyl (C=O) groups excluding carboxylic acids is 1. The van der Waals surface area contributed by atoms with E-state index in [0.29, 0.717) is 11.9 Å². The normalized spacial score (nSPS) is 13.4. The van der Waals surface area contributed by atoms with Crippen molar-refractivity contribution in [3.8, 4) is 0 Å². The van der Waals surface area contributed by atoms with Crippen molar-refractivity contribution >= 4 is 22.4 Å². The first-order chi connectivity index (χ1) is 13.6. The first-order valence-corrected chi connectivity index (χ1v) is 9.69. The summed E-state index contributed by atoms with van der Waals surface area (Å²) in [4.78, 5) is 27.3. The second-order valence-electron chi connectivity index (χ2n) is 7.16. The van der Waals surface area contributed by atoms with E-state index in [-0.39, 0.29) is 18.0 Å². The van der Waals surface area contributed by atoms with E-state index in [1.54, 1.807) is 6.07 Å². The van der Waals surface area contributed by atoms with Crippen molar-refractivity contribution in [2.24, 2.45) is 0 Å². The maximum atomic E-state index is 12.6. The fraction of sp³-hybridized carbons (Fsp3) is 0.318. The maximum absolute atomic E-state index is 12.6. The average molecular weight is 376 g/mol. The van der Waals surface area contributed by atoms with E-state index in [1.807, 2.05) is 25.1 Å². The third kappa shape index (κ3) is 3.63. The lowest BCUT2D eigenvalue weighted by Crippen LogP contribution is -2.40. The highest BCUT2D eigenvalue weighted by Gasteiger charge is 2.16. The SMILES string of the molecule is Cc1nn(CC(=O)NCCN2CCCc3ccccc32)c(=O)c2ccccc12. The van der Waals surface area contributed by atoms with E-state index >= 15 is 0 Å². The minimum atomic E-state index is -0.235. The van der Waals surface area contributed by atoms with Gasteiger partial charge in [0.25, 0.3) is 5.56 Å². The number of benzene rings is 2. The molecule has 2 aromatic carbocycles. The summed E-state index contributed by atoms with van der Waals surface area (Å²) in [5, 5.41) is 8.64. The lowest BCUT2D eigenvalue weighted by Gasteiger charge is -2.31. The molecule has 28 heavy (non-hydrogen) atoms. The van der Waals surface area contributed by atoms with E-state index in [2.05, 4.69) is 39.6 Å². The van der Waals surface area contributed by atoms with Crippen molar-refractivity contribution in [2.45, 2.75) is 26.3 Å². The van der Waals surface area contributed by atoms with Gasteiger partial charge in [-0.15, -0.1) is 0 Å². The molecule has 0 saturated heterocycles. The monoisotopic (exact) mass is 376 g/mol. The van der Waals surface area contributed by atoms with Crippen LogP contribution in [-0.4, -0.2) is 35.3 Å². The Labute approximate surface area is 163 Å². The molecular formula is C22H24N4O2. The molecule has 1 aliphatic rings. The van der Waals surface area contributed by atoms with Gasteiger partial charge in [0.15, 0.2) is 0 Å². The van der Waals surface area contributed by atoms with Crippen molar-refractivity contribution in [1.29, 1.82) is 0 Å². The molecule has 0 spiro atoms. The van der Waals surface area contributed by atoms with Crippen LogP contribution in [0, 0.1) is 6.92 Å². The van der Waals surface area contributed by atoms with Crippen LogP contribution in [0.4, 0.5) is 5.69 Å². The van der Waals surface area contributed by atoms with Crippen molar-refractivity contribution in [1.82, 2.24) is 15.1 Å². The van der Waals surface area contributed by atoms with Gasteiger partial charge in [-0.25, -0.2) is 4.68 Å². The van der Waals surface area contributed by atoms with Crippen LogP contribution < -0.4 is 15.8 Å². The minimum absolute atomic E-state index is 0.0684. The molecule has 0 unspecified atom stereocenters. The number of aryl methyl sites for hydroxylation is 2. The fourth-order valence-corrected chi connectivity index (χ4v) is 3.88. The van der Waals surface area contributed by atoms with E-state index in [1.165, 1.54) is 15.9 Å². The molecule has 0 aliphatic carbocycles. The molecule has 1 aliphatic heterocycles. The van der Waals surface area contributed by atoms with Gasteiger partial charge in [-0.05, 0) is 37.5 Å². The minimum Gasteiger partial charge on any atom is -0.370 e. The maximum Gasteiger partial charge on any atom is 0.275 e. The molecule has 6 nitrogen and oxygen atoms in total. The van der Waals surface area contributed by atoms with Gasteiger partial charge in [0.2, 0.25) is 5.91 Å². The van der Waals surface area contributed by atoms with Crippen molar-refractivity contribution in [3.63, 3.8) is 0 Å². The summed E-state index contributed by atoms with van der Waals surface area (Å²) in [6, 6.07) is 15.8. The van der Waals surface area contributed by atoms with Crippen LogP contribution in [0.1, 0.15) is 17.7 Å².